The molecule has 4 heteroatoms. The number of halogens is 2. The van der Waals surface area contributed by atoms with Crippen LogP contribution in [0.5, 0.6) is 0 Å². The van der Waals surface area contributed by atoms with Crippen molar-refractivity contribution in [3.05, 3.63) is 28.2 Å². The van der Waals surface area contributed by atoms with Gasteiger partial charge in [-0.1, -0.05) is 43.5 Å². The van der Waals surface area contributed by atoms with Crippen molar-refractivity contribution in [2.24, 2.45) is 0 Å². The summed E-state index contributed by atoms with van der Waals surface area (Å²) in [6.07, 6.45) is 2.42. The third kappa shape index (κ3) is 5.52. The van der Waals surface area contributed by atoms with E-state index in [4.69, 9.17) is 23.2 Å². The molecule has 0 saturated carbocycles. The Morgan fingerprint density at radius 3 is 2.59 bits per heavy atom. The summed E-state index contributed by atoms with van der Waals surface area (Å²) in [5.41, 5.74) is 0. The van der Waals surface area contributed by atoms with E-state index < -0.39 is 0 Å². The molecular formula is C13H19Cl2NS. The molecule has 1 nitrogen and oxygen atoms in total. The van der Waals surface area contributed by atoms with E-state index in [1.165, 1.54) is 17.7 Å². The van der Waals surface area contributed by atoms with Crippen molar-refractivity contribution < 1.29 is 0 Å². The fourth-order valence-corrected chi connectivity index (χ4v) is 3.05. The molecule has 0 amide bonds. The minimum Gasteiger partial charge on any atom is -0.313 e. The van der Waals surface area contributed by atoms with Crippen molar-refractivity contribution in [2.75, 3.05) is 12.3 Å². The first kappa shape index (κ1) is 15.2. The first-order valence-corrected chi connectivity index (χ1v) is 7.72. The molecule has 17 heavy (non-hydrogen) atoms. The summed E-state index contributed by atoms with van der Waals surface area (Å²) in [5.74, 6) is 1.07. The normalized spacial score (nSPS) is 12.7. The van der Waals surface area contributed by atoms with Crippen LogP contribution in [0.1, 0.15) is 26.7 Å². The molecule has 0 heterocycles. The van der Waals surface area contributed by atoms with Gasteiger partial charge in [0.05, 0.1) is 10.0 Å². The molecule has 1 aromatic carbocycles. The van der Waals surface area contributed by atoms with Crippen LogP contribution in [0.15, 0.2) is 23.1 Å². The molecule has 1 unspecified atom stereocenters. The Morgan fingerprint density at radius 2 is 2.00 bits per heavy atom. The molecule has 0 saturated heterocycles. The molecule has 0 bridgehead atoms. The molecule has 0 aliphatic heterocycles. The maximum absolute atomic E-state index is 5.99. The third-order valence-corrected chi connectivity index (χ3v) is 4.37. The lowest BCUT2D eigenvalue weighted by Crippen LogP contribution is -2.30. The zero-order valence-electron chi connectivity index (χ0n) is 10.3. The van der Waals surface area contributed by atoms with Crippen molar-refractivity contribution >= 4 is 35.0 Å². The van der Waals surface area contributed by atoms with Crippen LogP contribution in [0.4, 0.5) is 0 Å². The van der Waals surface area contributed by atoms with E-state index >= 15 is 0 Å². The quantitative estimate of drug-likeness (QED) is 0.720. The van der Waals surface area contributed by atoms with Gasteiger partial charge in [-0.25, -0.2) is 0 Å². The van der Waals surface area contributed by atoms with Crippen LogP contribution in [0.25, 0.3) is 0 Å². The van der Waals surface area contributed by atoms with Gasteiger partial charge in [-0.05, 0) is 31.2 Å². The molecule has 96 valence electrons. The minimum atomic E-state index is 0.574. The fourth-order valence-electron chi connectivity index (χ4n) is 1.64. The summed E-state index contributed by atoms with van der Waals surface area (Å²) in [6, 6.07) is 6.38. The highest BCUT2D eigenvalue weighted by atomic mass is 35.5. The molecule has 0 aromatic heterocycles. The molecule has 0 aliphatic rings. The van der Waals surface area contributed by atoms with E-state index in [0.29, 0.717) is 16.1 Å². The topological polar surface area (TPSA) is 12.0 Å². The lowest BCUT2D eigenvalue weighted by atomic mass is 10.2. The summed E-state index contributed by atoms with van der Waals surface area (Å²) >= 11 is 13.7. The second kappa shape index (κ2) is 8.25. The standard InChI is InChI=1S/C13H19Cl2NS/c1-3-5-10(16-4-2)9-17-11-6-7-12(14)13(15)8-11/h6-8,10,16H,3-5,9H2,1-2H3. The first-order valence-electron chi connectivity index (χ1n) is 5.98. The van der Waals surface area contributed by atoms with E-state index in [-0.39, 0.29) is 0 Å². The maximum Gasteiger partial charge on any atom is 0.0603 e. The molecule has 0 aliphatic carbocycles. The Kier molecular flexibility index (Phi) is 7.36. The largest absolute Gasteiger partial charge is 0.313 e. The first-order chi connectivity index (χ1) is 8.17. The summed E-state index contributed by atoms with van der Waals surface area (Å²) < 4.78 is 0. The molecule has 1 N–H and O–H groups in total. The second-order valence-electron chi connectivity index (χ2n) is 3.93. The molecule has 0 radical (unpaired) electrons. The van der Waals surface area contributed by atoms with Crippen LogP contribution in [-0.4, -0.2) is 18.3 Å². The van der Waals surface area contributed by atoms with Crippen molar-refractivity contribution in [2.45, 2.75) is 37.6 Å². The highest BCUT2D eigenvalue weighted by Crippen LogP contribution is 2.28. The Hall–Kier alpha value is 0.110. The monoisotopic (exact) mass is 291 g/mol. The van der Waals surface area contributed by atoms with Crippen LogP contribution >= 0.6 is 35.0 Å². The molecule has 1 atom stereocenters. The Morgan fingerprint density at radius 1 is 1.24 bits per heavy atom. The van der Waals surface area contributed by atoms with Crippen molar-refractivity contribution in [3.8, 4) is 0 Å². The minimum absolute atomic E-state index is 0.574. The molecule has 0 spiro atoms. The number of benzene rings is 1. The SMILES string of the molecule is CCCC(CSc1ccc(Cl)c(Cl)c1)NCC. The lowest BCUT2D eigenvalue weighted by molar-refractivity contribution is 0.531. The number of hydrogen-bond donors (Lipinski definition) is 1. The molecule has 0 fully saturated rings. The summed E-state index contributed by atoms with van der Waals surface area (Å²) in [4.78, 5) is 1.18. The maximum atomic E-state index is 5.99. The summed E-state index contributed by atoms with van der Waals surface area (Å²) in [7, 11) is 0. The average Bonchev–Trinajstić information content (AvgIpc) is 2.31. The van der Waals surface area contributed by atoms with Gasteiger partial charge >= 0.3 is 0 Å². The predicted octanol–water partition coefficient (Wildman–Crippen LogP) is 4.86. The highest BCUT2D eigenvalue weighted by molar-refractivity contribution is 7.99. The Bertz CT molecular complexity index is 338. The van der Waals surface area contributed by atoms with Gasteiger partial charge in [-0.2, -0.15) is 0 Å². The van der Waals surface area contributed by atoms with E-state index in [1.54, 1.807) is 0 Å². The van der Waals surface area contributed by atoms with Gasteiger partial charge in [0.15, 0.2) is 0 Å². The zero-order chi connectivity index (χ0) is 12.7. The molecular weight excluding hydrogens is 273 g/mol. The van der Waals surface area contributed by atoms with Crippen LogP contribution in [0.2, 0.25) is 10.0 Å². The lowest BCUT2D eigenvalue weighted by Gasteiger charge is -2.16. The third-order valence-electron chi connectivity index (χ3n) is 2.47. The van der Waals surface area contributed by atoms with Crippen molar-refractivity contribution in [3.63, 3.8) is 0 Å². The Balaban J connectivity index is 2.49. The Labute approximate surface area is 118 Å². The van der Waals surface area contributed by atoms with Gasteiger partial charge in [0.1, 0.15) is 0 Å². The van der Waals surface area contributed by atoms with E-state index in [9.17, 15) is 0 Å². The van der Waals surface area contributed by atoms with E-state index in [2.05, 4.69) is 19.2 Å². The average molecular weight is 292 g/mol. The van der Waals surface area contributed by atoms with E-state index in [0.717, 1.165) is 12.3 Å². The van der Waals surface area contributed by atoms with Gasteiger partial charge in [0.2, 0.25) is 0 Å². The number of thioether (sulfide) groups is 1. The van der Waals surface area contributed by atoms with Gasteiger partial charge in [0, 0.05) is 16.7 Å². The number of nitrogens with one attached hydrogen (secondary N) is 1. The number of hydrogen-bond acceptors (Lipinski definition) is 2. The van der Waals surface area contributed by atoms with Crippen LogP contribution < -0.4 is 5.32 Å². The summed E-state index contributed by atoms with van der Waals surface area (Å²) in [6.45, 7) is 5.38. The highest BCUT2D eigenvalue weighted by Gasteiger charge is 2.07. The molecule has 1 aromatic rings. The van der Waals surface area contributed by atoms with Crippen molar-refractivity contribution in [1.82, 2.24) is 5.32 Å². The second-order valence-corrected chi connectivity index (χ2v) is 5.84. The van der Waals surface area contributed by atoms with Gasteiger partial charge in [-0.3, -0.25) is 0 Å². The van der Waals surface area contributed by atoms with Crippen molar-refractivity contribution in [1.29, 1.82) is 0 Å². The fraction of sp³-hybridized carbons (Fsp3) is 0.538. The van der Waals surface area contributed by atoms with Crippen LogP contribution in [-0.2, 0) is 0 Å². The zero-order valence-corrected chi connectivity index (χ0v) is 12.6. The van der Waals surface area contributed by atoms with Gasteiger partial charge < -0.3 is 5.32 Å². The summed E-state index contributed by atoms with van der Waals surface area (Å²) in [5, 5.41) is 4.75. The number of rotatable bonds is 7. The molecule has 1 rings (SSSR count). The smallest absolute Gasteiger partial charge is 0.0603 e. The van der Waals surface area contributed by atoms with Gasteiger partial charge in [0.25, 0.3) is 0 Å². The van der Waals surface area contributed by atoms with E-state index in [1.807, 2.05) is 30.0 Å². The van der Waals surface area contributed by atoms with Crippen LogP contribution in [0, 0.1) is 0 Å². The predicted molar refractivity (Wildman–Crippen MR) is 79.6 cm³/mol. The van der Waals surface area contributed by atoms with Gasteiger partial charge in [-0.15, -0.1) is 11.8 Å². The van der Waals surface area contributed by atoms with Crippen LogP contribution in [0.3, 0.4) is 0 Å².